The summed E-state index contributed by atoms with van der Waals surface area (Å²) in [5.41, 5.74) is 0. The van der Waals surface area contributed by atoms with E-state index in [4.69, 9.17) is 0 Å². The molecule has 0 spiro atoms. The Hall–Kier alpha value is 1.05. The van der Waals surface area contributed by atoms with Gasteiger partial charge in [-0.2, -0.15) is 0 Å². The van der Waals surface area contributed by atoms with Gasteiger partial charge in [0.2, 0.25) is 0 Å². The van der Waals surface area contributed by atoms with Crippen molar-refractivity contribution in [1.82, 2.24) is 0 Å². The summed E-state index contributed by atoms with van der Waals surface area (Å²) in [6.45, 7) is 4.77. The Bertz CT molecular complexity index is 111. The second kappa shape index (κ2) is 2.28. The summed E-state index contributed by atoms with van der Waals surface area (Å²) in [6.07, 6.45) is 0. The van der Waals surface area contributed by atoms with Gasteiger partial charge in [-0.25, -0.2) is 0 Å². The maximum absolute atomic E-state index is 2.38. The average Bonchev–Trinajstić information content (AvgIpc) is 2.59. The zero-order valence-corrected chi connectivity index (χ0v) is 8.24. The van der Waals surface area contributed by atoms with Crippen LogP contribution < -0.4 is 0 Å². The summed E-state index contributed by atoms with van der Waals surface area (Å²) in [6, 6.07) is 0. The van der Waals surface area contributed by atoms with Crippen molar-refractivity contribution in [2.24, 2.45) is 0 Å². The lowest BCUT2D eigenvalue weighted by molar-refractivity contribution is 1.25. The van der Waals surface area contributed by atoms with Gasteiger partial charge in [0, 0.05) is 0 Å². The highest BCUT2D eigenvalue weighted by Crippen LogP contribution is 2.48. The van der Waals surface area contributed by atoms with E-state index >= 15 is 0 Å². The van der Waals surface area contributed by atoms with E-state index in [2.05, 4.69) is 23.7 Å². The zero-order valence-electron chi connectivity index (χ0n) is 5.79. The third kappa shape index (κ3) is 1.55. The molecule has 0 nitrogen and oxygen atoms in total. The van der Waals surface area contributed by atoms with Crippen molar-refractivity contribution in [2.75, 3.05) is 11.5 Å². The second-order valence-corrected chi connectivity index (χ2v) is 10.9. The van der Waals surface area contributed by atoms with Gasteiger partial charge in [-0.3, -0.25) is 0 Å². The molecule has 0 bridgehead atoms. The van der Waals surface area contributed by atoms with E-state index in [1.165, 1.54) is 11.5 Å². The summed E-state index contributed by atoms with van der Waals surface area (Å²) >= 11 is 0. The van der Waals surface area contributed by atoms with Gasteiger partial charge in [-0.05, 0) is 13.8 Å². The van der Waals surface area contributed by atoms with Crippen LogP contribution in [0.4, 0.5) is 0 Å². The van der Waals surface area contributed by atoms with Crippen molar-refractivity contribution < 1.29 is 0 Å². The summed E-state index contributed by atoms with van der Waals surface area (Å²) < 4.78 is 0. The summed E-state index contributed by atoms with van der Waals surface area (Å²) in [4.78, 5) is 0. The first kappa shape index (κ1) is 6.74. The van der Waals surface area contributed by atoms with Crippen LogP contribution in [0.3, 0.4) is 0 Å². The van der Waals surface area contributed by atoms with Crippen LogP contribution in [0.2, 0.25) is 0 Å². The van der Waals surface area contributed by atoms with Crippen LogP contribution in [0, 0.1) is 0 Å². The van der Waals surface area contributed by atoms with Gasteiger partial charge in [0.05, 0.1) is 0 Å². The number of rotatable bonds is 2. The van der Waals surface area contributed by atoms with Gasteiger partial charge in [0.25, 0.3) is 0 Å². The molecule has 0 saturated carbocycles. The van der Waals surface area contributed by atoms with Gasteiger partial charge in [0.15, 0.2) is 22.0 Å². The molecule has 2 rings (SSSR count). The van der Waals surface area contributed by atoms with Crippen LogP contribution in [-0.4, -0.2) is 22.0 Å². The standard InChI is InChI=1S/C6H12S3/c1-5-3-8(5)7-9-4-6(9)2/h5-6H,3-4H2,1-2H3/q+2. The van der Waals surface area contributed by atoms with Crippen molar-refractivity contribution >= 4 is 29.7 Å². The highest BCUT2D eigenvalue weighted by atomic mass is 33.5. The normalized spacial score (nSPS) is 55.3. The topological polar surface area (TPSA) is 0 Å². The molecular formula is C6H12S3+2. The van der Waals surface area contributed by atoms with E-state index in [1.807, 2.05) is 0 Å². The Morgan fingerprint density at radius 2 is 1.44 bits per heavy atom. The van der Waals surface area contributed by atoms with E-state index in [0.29, 0.717) is 0 Å². The molecular weight excluding hydrogens is 168 g/mol. The molecule has 3 heteroatoms. The lowest BCUT2D eigenvalue weighted by atomic mass is 10.6. The van der Waals surface area contributed by atoms with Gasteiger partial charge in [-0.15, -0.1) is 0 Å². The molecule has 9 heavy (non-hydrogen) atoms. The molecule has 0 N–H and O–H groups in total. The van der Waals surface area contributed by atoms with Crippen molar-refractivity contribution in [3.05, 3.63) is 0 Å². The van der Waals surface area contributed by atoms with Gasteiger partial charge in [0.1, 0.15) is 19.9 Å². The van der Waals surface area contributed by atoms with Crippen LogP contribution in [-0.2, 0) is 19.9 Å². The number of hydrogen-bond donors (Lipinski definition) is 0. The van der Waals surface area contributed by atoms with Crippen LogP contribution in [0.25, 0.3) is 0 Å². The Labute approximate surface area is 65.7 Å². The lowest BCUT2D eigenvalue weighted by Crippen LogP contribution is -1.78. The Morgan fingerprint density at radius 3 is 1.67 bits per heavy atom. The zero-order chi connectivity index (χ0) is 6.43. The minimum Gasteiger partial charge on any atom is -0.0108 e. The van der Waals surface area contributed by atoms with E-state index < -0.39 is 0 Å². The smallest absolute Gasteiger partial charge is 0.0108 e. The average molecular weight is 180 g/mol. The Morgan fingerprint density at radius 1 is 1.11 bits per heavy atom. The summed E-state index contributed by atoms with van der Waals surface area (Å²) in [7, 11) is 3.96. The molecule has 0 aromatic heterocycles. The molecule has 52 valence electrons. The first-order chi connectivity index (χ1) is 4.27. The van der Waals surface area contributed by atoms with Crippen LogP contribution in [0.1, 0.15) is 13.8 Å². The highest BCUT2D eigenvalue weighted by molar-refractivity contribution is 9.09. The van der Waals surface area contributed by atoms with Crippen molar-refractivity contribution in [3.63, 3.8) is 0 Å². The summed E-state index contributed by atoms with van der Waals surface area (Å²) in [5.74, 6) is 3.06. The van der Waals surface area contributed by atoms with Crippen molar-refractivity contribution in [3.8, 4) is 0 Å². The van der Waals surface area contributed by atoms with Gasteiger partial charge < -0.3 is 0 Å². The first-order valence-corrected chi connectivity index (χ1v) is 8.12. The first-order valence-electron chi connectivity index (χ1n) is 3.35. The third-order valence-corrected chi connectivity index (χ3v) is 11.9. The molecule has 0 amide bonds. The molecule has 0 aliphatic carbocycles. The molecule has 2 aliphatic rings. The molecule has 0 radical (unpaired) electrons. The number of hydrogen-bond acceptors (Lipinski definition) is 1. The largest absolute Gasteiger partial charge is 0.345 e. The predicted molar refractivity (Wildman–Crippen MR) is 51.0 cm³/mol. The van der Waals surface area contributed by atoms with Gasteiger partial charge >= 0.3 is 9.83 Å². The molecule has 0 aromatic carbocycles. The molecule has 0 aromatic rings. The van der Waals surface area contributed by atoms with E-state index in [-0.39, 0.29) is 0 Å². The molecule has 2 aliphatic heterocycles. The predicted octanol–water partition coefficient (Wildman–Crippen LogP) is 1.59. The van der Waals surface area contributed by atoms with E-state index in [1.54, 1.807) is 0 Å². The minimum absolute atomic E-state index is 0.830. The second-order valence-electron chi connectivity index (χ2n) is 2.78. The van der Waals surface area contributed by atoms with E-state index in [9.17, 15) is 0 Å². The molecule has 2 fully saturated rings. The van der Waals surface area contributed by atoms with Crippen molar-refractivity contribution in [2.45, 2.75) is 24.3 Å². The monoisotopic (exact) mass is 180 g/mol. The fraction of sp³-hybridized carbons (Fsp3) is 1.00. The van der Waals surface area contributed by atoms with Crippen LogP contribution >= 0.6 is 9.83 Å². The molecule has 4 unspecified atom stereocenters. The fourth-order valence-corrected chi connectivity index (χ4v) is 11.5. The maximum Gasteiger partial charge on any atom is 0.345 e. The van der Waals surface area contributed by atoms with E-state index in [0.717, 1.165) is 30.4 Å². The minimum atomic E-state index is 0.830. The lowest BCUT2D eigenvalue weighted by Gasteiger charge is -1.69. The quantitative estimate of drug-likeness (QED) is 0.353. The maximum atomic E-state index is 2.38. The molecule has 2 heterocycles. The third-order valence-electron chi connectivity index (χ3n) is 1.64. The van der Waals surface area contributed by atoms with Crippen molar-refractivity contribution in [1.29, 1.82) is 0 Å². The molecule has 4 atom stereocenters. The summed E-state index contributed by atoms with van der Waals surface area (Å²) in [5, 5.41) is 2.16. The van der Waals surface area contributed by atoms with Crippen LogP contribution in [0.15, 0.2) is 0 Å². The Balaban J connectivity index is 1.69. The fourth-order valence-electron chi connectivity index (χ4n) is 0.686. The Kier molecular flexibility index (Phi) is 1.71. The van der Waals surface area contributed by atoms with Gasteiger partial charge in [-0.1, -0.05) is 0 Å². The SMILES string of the molecule is CC1C[S+]1S[S+]1CC1C. The molecule has 2 saturated heterocycles. The van der Waals surface area contributed by atoms with Crippen LogP contribution in [0.5, 0.6) is 0 Å². The highest BCUT2D eigenvalue weighted by Gasteiger charge is 2.62.